The summed E-state index contributed by atoms with van der Waals surface area (Å²) < 4.78 is 11.2. The lowest BCUT2D eigenvalue weighted by Crippen LogP contribution is -2.08. The number of benzene rings is 2. The first-order valence-electron chi connectivity index (χ1n) is 6.46. The Morgan fingerprint density at radius 3 is 2.50 bits per heavy atom. The van der Waals surface area contributed by atoms with Crippen molar-refractivity contribution in [3.63, 3.8) is 0 Å². The van der Waals surface area contributed by atoms with Crippen molar-refractivity contribution in [1.82, 2.24) is 0 Å². The van der Waals surface area contributed by atoms with Crippen LogP contribution in [0, 0.1) is 0 Å². The number of rotatable bonds is 5. The lowest BCUT2D eigenvalue weighted by Gasteiger charge is -2.17. The number of ether oxygens (including phenoxy) is 2. The molecule has 2 aromatic carbocycles. The molecule has 1 atom stereocenters. The molecule has 0 saturated carbocycles. The number of nitrogens with two attached hydrogens (primary N) is 1. The molecule has 0 fully saturated rings. The van der Waals surface area contributed by atoms with E-state index in [4.69, 9.17) is 20.3 Å². The zero-order valence-corrected chi connectivity index (χ0v) is 11.7. The third-order valence-electron chi connectivity index (χ3n) is 3.01. The Morgan fingerprint density at radius 2 is 1.85 bits per heavy atom. The molecule has 2 rings (SSSR count). The van der Waals surface area contributed by atoms with Crippen LogP contribution >= 0.6 is 0 Å². The van der Waals surface area contributed by atoms with E-state index >= 15 is 0 Å². The largest absolute Gasteiger partial charge is 0.496 e. The van der Waals surface area contributed by atoms with Gasteiger partial charge in [-0.05, 0) is 36.8 Å². The van der Waals surface area contributed by atoms with Crippen LogP contribution in [0.5, 0.6) is 17.2 Å². The van der Waals surface area contributed by atoms with Crippen molar-refractivity contribution in [2.24, 2.45) is 5.73 Å². The predicted octanol–water partition coefficient (Wildman–Crippen LogP) is 3.00. The number of aliphatic hydroxyl groups is 1. The molecule has 0 bridgehead atoms. The van der Waals surface area contributed by atoms with E-state index < -0.39 is 0 Å². The molecular weight excluding hydrogens is 254 g/mol. The summed E-state index contributed by atoms with van der Waals surface area (Å²) in [5.41, 5.74) is 7.62. The van der Waals surface area contributed by atoms with E-state index in [1.54, 1.807) is 13.2 Å². The number of hydrogen-bond acceptors (Lipinski definition) is 4. The van der Waals surface area contributed by atoms with E-state index in [-0.39, 0.29) is 12.6 Å². The fraction of sp³-hybridized carbons (Fsp3) is 0.250. The Labute approximate surface area is 118 Å². The van der Waals surface area contributed by atoms with E-state index in [1.165, 1.54) is 0 Å². The van der Waals surface area contributed by atoms with Crippen LogP contribution < -0.4 is 15.2 Å². The fourth-order valence-corrected chi connectivity index (χ4v) is 2.07. The van der Waals surface area contributed by atoms with Crippen LogP contribution in [0.4, 0.5) is 0 Å². The molecule has 0 saturated heterocycles. The van der Waals surface area contributed by atoms with Gasteiger partial charge < -0.3 is 20.3 Å². The second-order valence-electron chi connectivity index (χ2n) is 4.57. The van der Waals surface area contributed by atoms with Crippen LogP contribution in [0.15, 0.2) is 42.5 Å². The maximum absolute atomic E-state index is 9.16. The summed E-state index contributed by atoms with van der Waals surface area (Å²) >= 11 is 0. The minimum absolute atomic E-state index is 0.0184. The standard InChI is InChI=1S/C16H19NO3/c1-11(17)16-14(19-2)7-4-8-15(16)20-13-6-3-5-12(9-13)10-18/h3-9,11,18H,10,17H2,1-2H3/t11-/m1/s1. The maximum Gasteiger partial charge on any atom is 0.135 e. The molecular formula is C16H19NO3. The lowest BCUT2D eigenvalue weighted by molar-refractivity contribution is 0.281. The van der Waals surface area contributed by atoms with E-state index in [9.17, 15) is 0 Å². The van der Waals surface area contributed by atoms with Crippen molar-refractivity contribution in [1.29, 1.82) is 0 Å². The number of aliphatic hydroxyl groups excluding tert-OH is 1. The summed E-state index contributed by atoms with van der Waals surface area (Å²) in [6.07, 6.45) is 0. The Morgan fingerprint density at radius 1 is 1.15 bits per heavy atom. The molecule has 0 radical (unpaired) electrons. The summed E-state index contributed by atoms with van der Waals surface area (Å²) in [7, 11) is 1.61. The minimum Gasteiger partial charge on any atom is -0.496 e. The van der Waals surface area contributed by atoms with Crippen molar-refractivity contribution in [2.75, 3.05) is 7.11 Å². The van der Waals surface area contributed by atoms with Crippen LogP contribution in [0.2, 0.25) is 0 Å². The molecule has 4 heteroatoms. The third kappa shape index (κ3) is 3.10. The number of hydrogen-bond donors (Lipinski definition) is 2. The van der Waals surface area contributed by atoms with Crippen molar-refractivity contribution in [2.45, 2.75) is 19.6 Å². The van der Waals surface area contributed by atoms with Crippen LogP contribution in [0.1, 0.15) is 24.1 Å². The molecule has 0 aliphatic carbocycles. The van der Waals surface area contributed by atoms with Crippen molar-refractivity contribution in [3.8, 4) is 17.2 Å². The smallest absolute Gasteiger partial charge is 0.135 e. The predicted molar refractivity (Wildman–Crippen MR) is 78.0 cm³/mol. The van der Waals surface area contributed by atoms with Gasteiger partial charge in [-0.3, -0.25) is 0 Å². The molecule has 0 aliphatic rings. The summed E-state index contributed by atoms with van der Waals surface area (Å²) in [5, 5.41) is 9.16. The van der Waals surface area contributed by atoms with Gasteiger partial charge in [0.15, 0.2) is 0 Å². The van der Waals surface area contributed by atoms with E-state index in [0.717, 1.165) is 11.1 Å². The molecule has 106 valence electrons. The van der Waals surface area contributed by atoms with E-state index in [2.05, 4.69) is 0 Å². The van der Waals surface area contributed by atoms with Crippen molar-refractivity contribution in [3.05, 3.63) is 53.6 Å². The minimum atomic E-state index is -0.206. The summed E-state index contributed by atoms with van der Waals surface area (Å²) in [6.45, 7) is 1.87. The molecule has 2 aromatic rings. The highest BCUT2D eigenvalue weighted by Gasteiger charge is 2.14. The van der Waals surface area contributed by atoms with Gasteiger partial charge >= 0.3 is 0 Å². The summed E-state index contributed by atoms with van der Waals surface area (Å²) in [4.78, 5) is 0. The summed E-state index contributed by atoms with van der Waals surface area (Å²) in [5.74, 6) is 2.02. The Kier molecular flexibility index (Phi) is 4.61. The quantitative estimate of drug-likeness (QED) is 0.879. The monoisotopic (exact) mass is 273 g/mol. The summed E-state index contributed by atoms with van der Waals surface area (Å²) in [6, 6.07) is 12.7. The van der Waals surface area contributed by atoms with Crippen molar-refractivity contribution >= 4 is 0 Å². The molecule has 0 aromatic heterocycles. The molecule has 3 N–H and O–H groups in total. The topological polar surface area (TPSA) is 64.7 Å². The molecule has 0 amide bonds. The van der Waals surface area contributed by atoms with Gasteiger partial charge in [-0.15, -0.1) is 0 Å². The van der Waals surface area contributed by atoms with Gasteiger partial charge in [-0.2, -0.15) is 0 Å². The first kappa shape index (κ1) is 14.4. The molecule has 0 aliphatic heterocycles. The first-order valence-corrected chi connectivity index (χ1v) is 6.46. The highest BCUT2D eigenvalue weighted by molar-refractivity contribution is 5.48. The Balaban J connectivity index is 2.37. The molecule has 0 unspecified atom stereocenters. The molecule has 4 nitrogen and oxygen atoms in total. The van der Waals surface area contributed by atoms with Gasteiger partial charge in [0.2, 0.25) is 0 Å². The fourth-order valence-electron chi connectivity index (χ4n) is 2.07. The van der Waals surface area contributed by atoms with Crippen molar-refractivity contribution < 1.29 is 14.6 Å². The second-order valence-corrected chi connectivity index (χ2v) is 4.57. The van der Waals surface area contributed by atoms with Crippen LogP contribution in [-0.2, 0) is 6.61 Å². The van der Waals surface area contributed by atoms with Gasteiger partial charge in [0.1, 0.15) is 17.2 Å². The maximum atomic E-state index is 9.16. The zero-order chi connectivity index (χ0) is 14.5. The normalized spacial score (nSPS) is 12.0. The second kappa shape index (κ2) is 6.41. The zero-order valence-electron chi connectivity index (χ0n) is 11.7. The van der Waals surface area contributed by atoms with E-state index in [0.29, 0.717) is 17.2 Å². The molecule has 20 heavy (non-hydrogen) atoms. The highest BCUT2D eigenvalue weighted by Crippen LogP contribution is 2.35. The van der Waals surface area contributed by atoms with Gasteiger partial charge in [-0.1, -0.05) is 18.2 Å². The van der Waals surface area contributed by atoms with E-state index in [1.807, 2.05) is 43.3 Å². The highest BCUT2D eigenvalue weighted by atomic mass is 16.5. The third-order valence-corrected chi connectivity index (χ3v) is 3.01. The van der Waals surface area contributed by atoms with Gasteiger partial charge in [-0.25, -0.2) is 0 Å². The molecule has 0 heterocycles. The Bertz CT molecular complexity index is 582. The molecule has 0 spiro atoms. The lowest BCUT2D eigenvalue weighted by atomic mass is 10.1. The van der Waals surface area contributed by atoms with Gasteiger partial charge in [0.25, 0.3) is 0 Å². The Hall–Kier alpha value is -2.04. The van der Waals surface area contributed by atoms with Crippen LogP contribution in [0.25, 0.3) is 0 Å². The SMILES string of the molecule is COc1cccc(Oc2cccc(CO)c2)c1[C@@H](C)N. The first-order chi connectivity index (χ1) is 9.65. The van der Waals surface area contributed by atoms with Gasteiger partial charge in [0.05, 0.1) is 19.3 Å². The van der Waals surface area contributed by atoms with Crippen LogP contribution in [0.3, 0.4) is 0 Å². The van der Waals surface area contributed by atoms with Crippen LogP contribution in [-0.4, -0.2) is 12.2 Å². The average Bonchev–Trinajstić information content (AvgIpc) is 2.46. The van der Waals surface area contributed by atoms with Gasteiger partial charge in [0, 0.05) is 6.04 Å². The average molecular weight is 273 g/mol. The number of methoxy groups -OCH3 is 1.